The third kappa shape index (κ3) is 8.36. The number of Topliss-reactive ketones (excluding diaryl/α,β-unsaturated/α-hetero) is 1. The smallest absolute Gasteiger partial charge is 0.253 e. The van der Waals surface area contributed by atoms with Crippen LogP contribution in [0.2, 0.25) is 0 Å². The van der Waals surface area contributed by atoms with Crippen molar-refractivity contribution in [1.82, 2.24) is 15.5 Å². The highest BCUT2D eigenvalue weighted by Gasteiger charge is 2.80. The van der Waals surface area contributed by atoms with Gasteiger partial charge in [0.25, 0.3) is 11.8 Å². The number of halogens is 2. The monoisotopic (exact) mass is 938 g/mol. The largest absolute Gasteiger partial charge is 0.390 e. The van der Waals surface area contributed by atoms with Crippen molar-refractivity contribution in [3.8, 4) is 0 Å². The number of allylic oxidation sites excluding steroid dienone is 5. The van der Waals surface area contributed by atoms with Gasteiger partial charge < -0.3 is 35.6 Å². The summed E-state index contributed by atoms with van der Waals surface area (Å²) >= 11 is 0. The molecule has 68 heavy (non-hydrogen) atoms. The Labute approximate surface area is 394 Å². The van der Waals surface area contributed by atoms with Crippen LogP contribution >= 0.6 is 0 Å². The van der Waals surface area contributed by atoms with E-state index in [1.165, 1.54) is 36.1 Å². The Balaban J connectivity index is 0.847. The summed E-state index contributed by atoms with van der Waals surface area (Å²) < 4.78 is 46.9. The van der Waals surface area contributed by atoms with Crippen LogP contribution in [0.15, 0.2) is 96.8 Å². The number of imide groups is 1. The maximum absolute atomic E-state index is 17.8. The summed E-state index contributed by atoms with van der Waals surface area (Å²) in [6.07, 6.45) is 3.88. The zero-order valence-electron chi connectivity index (χ0n) is 38.8. The Morgan fingerprint density at radius 3 is 2.32 bits per heavy atom. The van der Waals surface area contributed by atoms with Gasteiger partial charge in [-0.3, -0.25) is 33.7 Å². The Hall–Kier alpha value is -5.68. The van der Waals surface area contributed by atoms with Crippen molar-refractivity contribution in [2.24, 2.45) is 22.7 Å². The van der Waals surface area contributed by atoms with Crippen LogP contribution < -0.4 is 16.0 Å². The summed E-state index contributed by atoms with van der Waals surface area (Å²) in [5, 5.41) is 30.8. The number of nitrogens with zero attached hydrogens (tertiary/aromatic N) is 1. The average molecular weight is 939 g/mol. The van der Waals surface area contributed by atoms with Gasteiger partial charge in [-0.1, -0.05) is 62.4 Å². The molecule has 362 valence electrons. The van der Waals surface area contributed by atoms with Gasteiger partial charge in [-0.25, -0.2) is 8.78 Å². The lowest BCUT2D eigenvalue weighted by atomic mass is 9.44. The molecule has 5 N–H and O–H groups in total. The number of ether oxygens (including phenoxy) is 2. The molecule has 0 radical (unpaired) electrons. The van der Waals surface area contributed by atoms with Crippen molar-refractivity contribution in [2.75, 3.05) is 18.5 Å². The highest BCUT2D eigenvalue weighted by molar-refractivity contribution is 6.12. The third-order valence-corrected chi connectivity index (χ3v) is 15.6. The lowest BCUT2D eigenvalue weighted by Crippen LogP contribution is -2.70. The molecule has 14 nitrogen and oxygen atoms in total. The number of aliphatic hydroxyl groups excluding tert-OH is 2. The Morgan fingerprint density at radius 2 is 1.62 bits per heavy atom. The van der Waals surface area contributed by atoms with Crippen LogP contribution in [0.25, 0.3) is 0 Å². The van der Waals surface area contributed by atoms with E-state index < -0.39 is 94.8 Å². The summed E-state index contributed by atoms with van der Waals surface area (Å²) in [5.74, 6) is -4.20. The first-order valence-electron chi connectivity index (χ1n) is 23.5. The number of nitrogens with one attached hydrogen (secondary N) is 3. The minimum absolute atomic E-state index is 0.00569. The van der Waals surface area contributed by atoms with Gasteiger partial charge in [0, 0.05) is 52.4 Å². The number of benzene rings is 2. The van der Waals surface area contributed by atoms with Crippen molar-refractivity contribution >= 4 is 40.9 Å². The fraction of sp³-hybridized carbons (Fsp3) is 0.500. The molecule has 4 aliphatic carbocycles. The predicted molar refractivity (Wildman–Crippen MR) is 246 cm³/mol. The van der Waals surface area contributed by atoms with E-state index in [0.29, 0.717) is 42.8 Å². The SMILES string of the molecule is C=C(CCCCCN1C(=O)C=CC1=O)N[C@@H](C)C(=O)N[C@@H](C)C(=O)Nc1cccc(Cc2ccc([C@@H]3O[C@@H]4C[C@H]5[C@@H]6C[C@H](F)C7=CC(=O)C=C[C@]7(C)[C@@]6(F)[C@@H](O)C[C@]5(C)[C@]4(C(=O)CO)O3)cc2)c1. The quantitative estimate of drug-likeness (QED) is 0.101. The maximum Gasteiger partial charge on any atom is 0.253 e. The van der Waals surface area contributed by atoms with Crippen LogP contribution in [0, 0.1) is 22.7 Å². The van der Waals surface area contributed by atoms with E-state index in [4.69, 9.17) is 9.47 Å². The number of hydrogen-bond donors (Lipinski definition) is 5. The van der Waals surface area contributed by atoms with E-state index in [1.54, 1.807) is 26.8 Å². The number of alkyl halides is 2. The summed E-state index contributed by atoms with van der Waals surface area (Å²) in [5.41, 5.74) is -3.34. The minimum atomic E-state index is -2.35. The number of carbonyl (C=O) groups is 6. The second-order valence-electron chi connectivity index (χ2n) is 19.8. The van der Waals surface area contributed by atoms with Gasteiger partial charge in [0.2, 0.25) is 11.8 Å². The van der Waals surface area contributed by atoms with Gasteiger partial charge in [-0.2, -0.15) is 0 Å². The van der Waals surface area contributed by atoms with E-state index in [1.807, 2.05) is 42.5 Å². The average Bonchev–Trinajstić information content (AvgIpc) is 3.93. The lowest BCUT2D eigenvalue weighted by molar-refractivity contribution is -0.235. The van der Waals surface area contributed by atoms with E-state index in [9.17, 15) is 39.0 Å². The molecule has 0 unspecified atom stereocenters. The first kappa shape index (κ1) is 48.8. The number of anilines is 1. The van der Waals surface area contributed by atoms with E-state index >= 15 is 8.78 Å². The van der Waals surface area contributed by atoms with Crippen molar-refractivity contribution in [2.45, 2.75) is 127 Å². The highest BCUT2D eigenvalue weighted by Crippen LogP contribution is 2.72. The van der Waals surface area contributed by atoms with Crippen LogP contribution in [0.1, 0.15) is 95.6 Å². The molecule has 0 aromatic heterocycles. The van der Waals surface area contributed by atoms with Crippen LogP contribution in [-0.4, -0.2) is 105 Å². The van der Waals surface area contributed by atoms with E-state index in [2.05, 4.69) is 22.5 Å². The van der Waals surface area contributed by atoms with Gasteiger partial charge in [0.15, 0.2) is 29.1 Å². The molecule has 2 aromatic rings. The number of ketones is 2. The maximum atomic E-state index is 17.8. The fourth-order valence-electron chi connectivity index (χ4n) is 12.0. The number of unbranched alkanes of at least 4 members (excludes halogenated alkanes) is 2. The van der Waals surface area contributed by atoms with Crippen molar-refractivity contribution in [3.63, 3.8) is 0 Å². The Bertz CT molecular complexity index is 2480. The normalized spacial score (nSPS) is 33.2. The molecule has 2 aliphatic heterocycles. The molecule has 2 heterocycles. The molecular weight excluding hydrogens is 879 g/mol. The molecule has 0 spiro atoms. The number of fused-ring (bicyclic) bond motifs is 7. The summed E-state index contributed by atoms with van der Waals surface area (Å²) in [7, 11) is 0. The number of amides is 4. The van der Waals surface area contributed by atoms with Crippen LogP contribution in [0.3, 0.4) is 0 Å². The van der Waals surface area contributed by atoms with Gasteiger partial charge in [-0.05, 0) is 113 Å². The first-order chi connectivity index (χ1) is 32.2. The molecule has 8 rings (SSSR count). The summed E-state index contributed by atoms with van der Waals surface area (Å²) in [6, 6.07) is 13.2. The lowest BCUT2D eigenvalue weighted by Gasteiger charge is -2.63. The van der Waals surface area contributed by atoms with Crippen LogP contribution in [0.5, 0.6) is 0 Å². The van der Waals surface area contributed by atoms with Crippen LogP contribution in [0.4, 0.5) is 14.5 Å². The number of hydrogen-bond acceptors (Lipinski definition) is 11. The zero-order valence-corrected chi connectivity index (χ0v) is 38.8. The summed E-state index contributed by atoms with van der Waals surface area (Å²) in [4.78, 5) is 76.9. The molecule has 2 aromatic carbocycles. The Morgan fingerprint density at radius 1 is 0.912 bits per heavy atom. The summed E-state index contributed by atoms with van der Waals surface area (Å²) in [6.45, 7) is 10.0. The molecular formula is C52H60F2N4O10. The molecule has 3 saturated carbocycles. The van der Waals surface area contributed by atoms with Crippen molar-refractivity contribution in [1.29, 1.82) is 0 Å². The number of rotatable bonds is 17. The molecule has 4 amide bonds. The Kier molecular flexibility index (Phi) is 13.4. The second kappa shape index (κ2) is 18.7. The van der Waals surface area contributed by atoms with Gasteiger partial charge >= 0.3 is 0 Å². The number of carbonyl (C=O) groups excluding carboxylic acids is 6. The molecule has 16 heteroatoms. The second-order valence-corrected chi connectivity index (χ2v) is 19.8. The van der Waals surface area contributed by atoms with Crippen molar-refractivity contribution < 1.29 is 57.2 Å². The van der Waals surface area contributed by atoms with Gasteiger partial charge in [0.1, 0.15) is 24.9 Å². The van der Waals surface area contributed by atoms with Crippen LogP contribution in [-0.2, 0) is 44.7 Å². The topological polar surface area (TPSA) is 201 Å². The molecule has 1 saturated heterocycles. The third-order valence-electron chi connectivity index (χ3n) is 15.6. The zero-order chi connectivity index (χ0) is 48.9. The molecule has 6 aliphatic rings. The first-order valence-corrected chi connectivity index (χ1v) is 23.5. The predicted octanol–water partition coefficient (Wildman–Crippen LogP) is 5.34. The van der Waals surface area contributed by atoms with Gasteiger partial charge in [0.05, 0.1) is 12.2 Å². The van der Waals surface area contributed by atoms with E-state index in [0.717, 1.165) is 30.0 Å². The highest BCUT2D eigenvalue weighted by atomic mass is 19.1. The minimum Gasteiger partial charge on any atom is -0.390 e. The molecule has 0 bridgehead atoms. The van der Waals surface area contributed by atoms with E-state index in [-0.39, 0.29) is 42.6 Å². The number of aliphatic hydroxyl groups is 2. The van der Waals surface area contributed by atoms with Gasteiger partial charge in [-0.15, -0.1) is 0 Å². The molecule has 4 fully saturated rings. The molecule has 12 atom stereocenters. The standard InChI is InChI=1S/C52H60F2N4O10/c1-29(10-7-6-8-21-58-44(63)17-18-45(58)64)55-30(2)46(65)56-31(3)47(66)57-35-12-9-11-33(23-35)22-32-13-15-34(16-14-32)48-67-43-26-37-38-25-40(53)39-24-36(60)19-20-49(39,4)51(38,54)41(61)27-50(37,5)52(43,68-48)42(62)28-59/h9,11-20,23-24,30-31,37-38,40-41,43,48,55,59,61H,1,6-8,10,21-22,25-28H2,2-5H3,(H,56,65)(H,57,66)/t30-,31-,37-,38-,40-,41-,43+,48+,49-,50-,51-,52+/m0/s1. The van der Waals surface area contributed by atoms with Crippen molar-refractivity contribution in [3.05, 3.63) is 113 Å². The fourth-order valence-corrected chi connectivity index (χ4v) is 12.0.